The van der Waals surface area contributed by atoms with E-state index >= 15 is 0 Å². The quantitative estimate of drug-likeness (QED) is 0.667. The molecule has 2 rings (SSSR count). The van der Waals surface area contributed by atoms with Crippen LogP contribution in [0.1, 0.15) is 11.1 Å². The van der Waals surface area contributed by atoms with Crippen LogP contribution in [0.2, 0.25) is 0 Å². The van der Waals surface area contributed by atoms with Crippen LogP contribution in [0, 0.1) is 6.92 Å². The van der Waals surface area contributed by atoms with E-state index in [-0.39, 0.29) is 6.54 Å². The largest absolute Gasteiger partial charge is 0.411 e. The van der Waals surface area contributed by atoms with Crippen LogP contribution < -0.4 is 16.0 Å². The fourth-order valence-electron chi connectivity index (χ4n) is 2.29. The summed E-state index contributed by atoms with van der Waals surface area (Å²) in [6.45, 7) is -0.162. The van der Waals surface area contributed by atoms with Crippen LogP contribution in [0.5, 0.6) is 0 Å². The Hall–Kier alpha value is -3.07. The topological polar surface area (TPSA) is 79.5 Å². The summed E-state index contributed by atoms with van der Waals surface area (Å²) in [5.41, 5.74) is 2.83. The lowest BCUT2D eigenvalue weighted by molar-refractivity contribution is -0.175. The second-order valence-electron chi connectivity index (χ2n) is 6.03. The van der Waals surface area contributed by atoms with Gasteiger partial charge in [0.25, 0.3) is 0 Å². The van der Waals surface area contributed by atoms with E-state index in [0.29, 0.717) is 16.9 Å². The highest BCUT2D eigenvalue weighted by Crippen LogP contribution is 2.15. The number of ether oxygens (including phenoxy) is 1. The Morgan fingerprint density at radius 2 is 1.64 bits per heavy atom. The van der Waals surface area contributed by atoms with Crippen LogP contribution in [-0.4, -0.2) is 31.3 Å². The molecule has 0 saturated heterocycles. The number of hydrogen-bond donors (Lipinski definition) is 3. The Morgan fingerprint density at radius 3 is 2.29 bits per heavy atom. The van der Waals surface area contributed by atoms with Crippen LogP contribution >= 0.6 is 0 Å². The molecule has 0 spiro atoms. The van der Waals surface area contributed by atoms with Crippen LogP contribution in [0.15, 0.2) is 48.5 Å². The van der Waals surface area contributed by atoms with Crippen molar-refractivity contribution in [2.24, 2.45) is 0 Å². The van der Waals surface area contributed by atoms with Crippen molar-refractivity contribution in [1.29, 1.82) is 0 Å². The molecule has 0 saturated carbocycles. The predicted octanol–water partition coefficient (Wildman–Crippen LogP) is 3.83. The van der Waals surface area contributed by atoms with Gasteiger partial charge in [-0.15, -0.1) is 0 Å². The van der Waals surface area contributed by atoms with Gasteiger partial charge in [0.1, 0.15) is 13.2 Å². The van der Waals surface area contributed by atoms with Gasteiger partial charge in [0, 0.05) is 17.9 Å². The summed E-state index contributed by atoms with van der Waals surface area (Å²) in [5.74, 6) is -0.667. The lowest BCUT2D eigenvalue weighted by atomic mass is 10.2. The molecule has 0 aliphatic heterocycles. The summed E-state index contributed by atoms with van der Waals surface area (Å²) < 4.78 is 40.2. The lowest BCUT2D eigenvalue weighted by Gasteiger charge is -2.11. The van der Waals surface area contributed by atoms with E-state index in [1.54, 1.807) is 30.3 Å². The second kappa shape index (κ2) is 9.75. The van der Waals surface area contributed by atoms with Gasteiger partial charge in [-0.2, -0.15) is 13.2 Å². The molecule has 3 amide bonds. The second-order valence-corrected chi connectivity index (χ2v) is 6.03. The molecule has 9 heteroatoms. The average molecular weight is 395 g/mol. The normalized spacial score (nSPS) is 11.0. The minimum absolute atomic E-state index is 0.0865. The first-order valence-corrected chi connectivity index (χ1v) is 8.36. The number of amides is 3. The SMILES string of the molecule is Cc1cccc(NC(=O)Nc2cccc(CNC(=O)COCC(F)(F)F)c2)c1. The van der Waals surface area contributed by atoms with E-state index in [9.17, 15) is 22.8 Å². The predicted molar refractivity (Wildman–Crippen MR) is 99.0 cm³/mol. The molecule has 0 radical (unpaired) electrons. The van der Waals surface area contributed by atoms with E-state index in [1.807, 2.05) is 25.1 Å². The molecule has 6 nitrogen and oxygen atoms in total. The number of halogens is 3. The van der Waals surface area contributed by atoms with Crippen molar-refractivity contribution in [3.8, 4) is 0 Å². The maximum absolute atomic E-state index is 12.1. The zero-order valence-electron chi connectivity index (χ0n) is 15.1. The molecule has 2 aromatic rings. The zero-order valence-corrected chi connectivity index (χ0v) is 15.1. The first-order chi connectivity index (χ1) is 13.2. The first kappa shape index (κ1) is 21.2. The Morgan fingerprint density at radius 1 is 1.00 bits per heavy atom. The summed E-state index contributed by atoms with van der Waals surface area (Å²) in [6.07, 6.45) is -4.47. The van der Waals surface area contributed by atoms with Crippen molar-refractivity contribution >= 4 is 23.3 Å². The molecule has 150 valence electrons. The van der Waals surface area contributed by atoms with Gasteiger partial charge >= 0.3 is 12.2 Å². The van der Waals surface area contributed by atoms with E-state index in [1.165, 1.54) is 0 Å². The number of hydrogen-bond acceptors (Lipinski definition) is 3. The van der Waals surface area contributed by atoms with E-state index in [0.717, 1.165) is 5.56 Å². The summed E-state index contributed by atoms with van der Waals surface area (Å²) in [7, 11) is 0. The Labute approximate surface area is 160 Å². The molecule has 0 unspecified atom stereocenters. The maximum Gasteiger partial charge on any atom is 0.411 e. The Balaban J connectivity index is 1.81. The van der Waals surface area contributed by atoms with E-state index in [4.69, 9.17) is 0 Å². The van der Waals surface area contributed by atoms with Crippen LogP contribution in [0.25, 0.3) is 0 Å². The van der Waals surface area contributed by atoms with Crippen molar-refractivity contribution in [3.63, 3.8) is 0 Å². The lowest BCUT2D eigenvalue weighted by Crippen LogP contribution is -2.29. The monoisotopic (exact) mass is 395 g/mol. The molecular weight excluding hydrogens is 375 g/mol. The zero-order chi connectivity index (χ0) is 20.6. The van der Waals surface area contributed by atoms with Crippen molar-refractivity contribution < 1.29 is 27.5 Å². The molecule has 0 aliphatic rings. The maximum atomic E-state index is 12.1. The van der Waals surface area contributed by atoms with Gasteiger partial charge in [0.2, 0.25) is 5.91 Å². The standard InChI is InChI=1S/C19H20F3N3O3/c1-13-4-2-6-15(8-13)24-18(27)25-16-7-3-5-14(9-16)10-23-17(26)11-28-12-19(20,21)22/h2-9H,10-12H2,1H3,(H,23,26)(H2,24,25,27). The van der Waals surface area contributed by atoms with Gasteiger partial charge in [-0.25, -0.2) is 4.79 Å². The third kappa shape index (κ3) is 8.09. The van der Waals surface area contributed by atoms with E-state index in [2.05, 4.69) is 20.7 Å². The number of rotatable bonds is 7. The smallest absolute Gasteiger partial charge is 0.362 e. The number of alkyl halides is 3. The van der Waals surface area contributed by atoms with Gasteiger partial charge < -0.3 is 20.7 Å². The van der Waals surface area contributed by atoms with Gasteiger partial charge in [-0.1, -0.05) is 24.3 Å². The van der Waals surface area contributed by atoms with Crippen LogP contribution in [0.3, 0.4) is 0 Å². The third-order valence-corrected chi connectivity index (χ3v) is 3.45. The fourth-order valence-corrected chi connectivity index (χ4v) is 2.29. The molecule has 0 aromatic heterocycles. The number of nitrogens with one attached hydrogen (secondary N) is 3. The van der Waals surface area contributed by atoms with Gasteiger partial charge in [-0.3, -0.25) is 4.79 Å². The molecule has 0 aliphatic carbocycles. The molecule has 3 N–H and O–H groups in total. The number of aryl methyl sites for hydroxylation is 1. The molecule has 28 heavy (non-hydrogen) atoms. The number of benzene rings is 2. The molecule has 2 aromatic carbocycles. The van der Waals surface area contributed by atoms with Crippen molar-refractivity contribution in [2.75, 3.05) is 23.8 Å². The number of urea groups is 1. The third-order valence-electron chi connectivity index (χ3n) is 3.45. The minimum atomic E-state index is -4.47. The van der Waals surface area contributed by atoms with Gasteiger partial charge in [0.05, 0.1) is 0 Å². The van der Waals surface area contributed by atoms with Gasteiger partial charge in [0.15, 0.2) is 0 Å². The highest BCUT2D eigenvalue weighted by molar-refractivity contribution is 5.99. The number of anilines is 2. The van der Waals surface area contributed by atoms with Crippen LogP contribution in [-0.2, 0) is 16.1 Å². The molecule has 0 bridgehead atoms. The first-order valence-electron chi connectivity index (χ1n) is 8.36. The number of carbonyl (C=O) groups is 2. The van der Waals surface area contributed by atoms with Gasteiger partial charge in [-0.05, 0) is 42.3 Å². The highest BCUT2D eigenvalue weighted by atomic mass is 19.4. The van der Waals surface area contributed by atoms with E-state index < -0.39 is 31.3 Å². The Kier molecular flexibility index (Phi) is 7.39. The summed E-state index contributed by atoms with van der Waals surface area (Å²) in [4.78, 5) is 23.6. The molecule has 0 heterocycles. The Bertz CT molecular complexity index is 825. The number of carbonyl (C=O) groups excluding carboxylic acids is 2. The van der Waals surface area contributed by atoms with Crippen LogP contribution in [0.4, 0.5) is 29.3 Å². The highest BCUT2D eigenvalue weighted by Gasteiger charge is 2.27. The van der Waals surface area contributed by atoms with Crippen molar-refractivity contribution in [3.05, 3.63) is 59.7 Å². The fraction of sp³-hybridized carbons (Fsp3) is 0.263. The average Bonchev–Trinajstić information content (AvgIpc) is 2.59. The summed E-state index contributed by atoms with van der Waals surface area (Å²) in [5, 5.41) is 7.84. The van der Waals surface area contributed by atoms with Crippen molar-refractivity contribution in [1.82, 2.24) is 5.32 Å². The molecule has 0 atom stereocenters. The minimum Gasteiger partial charge on any atom is -0.362 e. The molecular formula is C19H20F3N3O3. The summed E-state index contributed by atoms with van der Waals surface area (Å²) in [6, 6.07) is 13.6. The van der Waals surface area contributed by atoms with Crippen molar-refractivity contribution in [2.45, 2.75) is 19.6 Å². The molecule has 0 fully saturated rings. The summed E-state index contributed by atoms with van der Waals surface area (Å²) >= 11 is 0.